The Morgan fingerprint density at radius 3 is 1.17 bits per heavy atom. The van der Waals surface area contributed by atoms with Crippen LogP contribution in [0.2, 0.25) is 0 Å². The maximum atomic E-state index is 10.5. The second kappa shape index (κ2) is 15.0. The fraction of sp³-hybridized carbons (Fsp3) is 0.444. The summed E-state index contributed by atoms with van der Waals surface area (Å²) in [5.74, 6) is -4.61. The van der Waals surface area contributed by atoms with Gasteiger partial charge in [-0.15, -0.1) is 0 Å². The van der Waals surface area contributed by atoms with Crippen molar-refractivity contribution in [2.24, 2.45) is 5.41 Å². The molecule has 0 fully saturated rings. The van der Waals surface area contributed by atoms with E-state index in [1.807, 2.05) is 6.92 Å². The second-order valence-electron chi connectivity index (χ2n) is 5.77. The summed E-state index contributed by atoms with van der Waals surface area (Å²) in [4.78, 5) is 40.2. The summed E-state index contributed by atoms with van der Waals surface area (Å²) in [7, 11) is 0. The van der Waals surface area contributed by atoms with E-state index in [1.54, 1.807) is 0 Å². The average Bonchev–Trinajstić information content (AvgIpc) is 2.69. The molecule has 1 aromatic rings. The number of benzene rings is 1. The van der Waals surface area contributed by atoms with Gasteiger partial charge in [-0.05, 0) is 18.6 Å². The first-order chi connectivity index (χ1) is 13.5. The van der Waals surface area contributed by atoms with Crippen LogP contribution in [0.5, 0.6) is 0 Å². The molecule has 29 heavy (non-hydrogen) atoms. The van der Waals surface area contributed by atoms with Crippen molar-refractivity contribution in [3.05, 3.63) is 35.4 Å². The van der Waals surface area contributed by atoms with Crippen molar-refractivity contribution in [3.8, 4) is 0 Å². The van der Waals surface area contributed by atoms with E-state index in [1.165, 1.54) is 24.3 Å². The molecule has 0 aromatic heterocycles. The van der Waals surface area contributed by atoms with Crippen LogP contribution in [-0.2, 0) is 9.59 Å². The quantitative estimate of drug-likeness (QED) is 0.291. The standard InChI is InChI=1S/C8H6O4.C6H14O3.C4H6O4/c9-7(10)5-3-1-2-4-6(5)8(11)12;1-2-6(3-7,4-8)5-9;5-3(6)1-2-4(7)8/h1-4H,(H,9,10)(H,11,12);7-9H,2-5H2,1H3;1-2H2,(H,5,6)(H,7,8). The van der Waals surface area contributed by atoms with Gasteiger partial charge >= 0.3 is 23.9 Å². The van der Waals surface area contributed by atoms with Gasteiger partial charge in [0.1, 0.15) is 0 Å². The lowest BCUT2D eigenvalue weighted by Gasteiger charge is -2.24. The van der Waals surface area contributed by atoms with Crippen molar-refractivity contribution >= 4 is 23.9 Å². The summed E-state index contributed by atoms with van der Waals surface area (Å²) >= 11 is 0. The third-order valence-electron chi connectivity index (χ3n) is 3.70. The Kier molecular flexibility index (Phi) is 14.5. The molecule has 0 radical (unpaired) electrons. The fourth-order valence-corrected chi connectivity index (χ4v) is 1.56. The Hall–Kier alpha value is -3.02. The summed E-state index contributed by atoms with van der Waals surface area (Å²) < 4.78 is 0. The van der Waals surface area contributed by atoms with Crippen LogP contribution in [-0.4, -0.2) is 79.4 Å². The van der Waals surface area contributed by atoms with E-state index in [4.69, 9.17) is 35.7 Å². The molecule has 0 saturated carbocycles. The number of aromatic carboxylic acids is 2. The van der Waals surface area contributed by atoms with Gasteiger partial charge in [-0.2, -0.15) is 0 Å². The highest BCUT2D eigenvalue weighted by Crippen LogP contribution is 2.18. The second-order valence-corrected chi connectivity index (χ2v) is 5.77. The van der Waals surface area contributed by atoms with E-state index < -0.39 is 29.3 Å². The first-order valence-electron chi connectivity index (χ1n) is 8.32. The van der Waals surface area contributed by atoms with E-state index in [0.717, 1.165) is 0 Å². The highest BCUT2D eigenvalue weighted by Gasteiger charge is 2.24. The number of aliphatic hydroxyl groups excluding tert-OH is 3. The molecular weight excluding hydrogens is 392 g/mol. The summed E-state index contributed by atoms with van der Waals surface area (Å²) in [6.45, 7) is 1.35. The van der Waals surface area contributed by atoms with Crippen molar-refractivity contribution in [2.45, 2.75) is 26.2 Å². The summed E-state index contributed by atoms with van der Waals surface area (Å²) in [6, 6.07) is 5.48. The Bertz CT molecular complexity index is 601. The molecule has 1 aromatic carbocycles. The topological polar surface area (TPSA) is 210 Å². The molecule has 0 aliphatic rings. The van der Waals surface area contributed by atoms with Crippen LogP contribution < -0.4 is 0 Å². The number of carboxylic acid groups (broad SMARTS) is 4. The Morgan fingerprint density at radius 1 is 0.724 bits per heavy atom. The molecule has 0 bridgehead atoms. The van der Waals surface area contributed by atoms with E-state index in [9.17, 15) is 19.2 Å². The summed E-state index contributed by atoms with van der Waals surface area (Å²) in [5.41, 5.74) is -1.05. The highest BCUT2D eigenvalue weighted by atomic mass is 16.4. The SMILES string of the molecule is CCC(CO)(CO)CO.O=C(O)CCC(=O)O.O=C(O)c1ccccc1C(=O)O. The number of hydrogen-bond donors (Lipinski definition) is 7. The normalized spacial score (nSPS) is 9.93. The minimum atomic E-state index is -1.23. The van der Waals surface area contributed by atoms with Crippen LogP contribution in [0.1, 0.15) is 46.9 Å². The molecule has 0 atom stereocenters. The zero-order chi connectivity index (χ0) is 23.0. The van der Waals surface area contributed by atoms with Crippen molar-refractivity contribution < 1.29 is 54.9 Å². The number of aliphatic hydroxyl groups is 3. The zero-order valence-electron chi connectivity index (χ0n) is 15.8. The molecule has 0 aliphatic carbocycles. The lowest BCUT2D eigenvalue weighted by atomic mass is 9.88. The molecule has 0 unspecified atom stereocenters. The number of carboxylic acids is 4. The van der Waals surface area contributed by atoms with Gasteiger partial charge in [-0.25, -0.2) is 9.59 Å². The van der Waals surface area contributed by atoms with E-state index in [0.29, 0.717) is 6.42 Å². The van der Waals surface area contributed by atoms with Gasteiger partial charge in [0.25, 0.3) is 0 Å². The van der Waals surface area contributed by atoms with Gasteiger partial charge in [-0.3, -0.25) is 9.59 Å². The van der Waals surface area contributed by atoms with Gasteiger partial charge in [0.05, 0.1) is 43.8 Å². The highest BCUT2D eigenvalue weighted by molar-refractivity contribution is 6.01. The molecule has 1 rings (SSSR count). The van der Waals surface area contributed by atoms with E-state index >= 15 is 0 Å². The molecule has 0 heterocycles. The maximum Gasteiger partial charge on any atom is 0.336 e. The van der Waals surface area contributed by atoms with Crippen molar-refractivity contribution in [3.63, 3.8) is 0 Å². The van der Waals surface area contributed by atoms with Crippen molar-refractivity contribution in [1.82, 2.24) is 0 Å². The molecule has 11 nitrogen and oxygen atoms in total. The average molecular weight is 418 g/mol. The van der Waals surface area contributed by atoms with Crippen LogP contribution in [0.25, 0.3) is 0 Å². The van der Waals surface area contributed by atoms with E-state index in [2.05, 4.69) is 0 Å². The third kappa shape index (κ3) is 12.1. The Morgan fingerprint density at radius 2 is 1.03 bits per heavy atom. The maximum absolute atomic E-state index is 10.5. The van der Waals surface area contributed by atoms with Crippen LogP contribution in [0.3, 0.4) is 0 Å². The van der Waals surface area contributed by atoms with Crippen LogP contribution in [0.15, 0.2) is 24.3 Å². The summed E-state index contributed by atoms with van der Waals surface area (Å²) in [6.07, 6.45) is 0.00116. The van der Waals surface area contributed by atoms with Gasteiger partial charge in [-0.1, -0.05) is 19.1 Å². The van der Waals surface area contributed by atoms with Crippen molar-refractivity contribution in [1.29, 1.82) is 0 Å². The van der Waals surface area contributed by atoms with Crippen LogP contribution in [0.4, 0.5) is 0 Å². The smallest absolute Gasteiger partial charge is 0.336 e. The van der Waals surface area contributed by atoms with Gasteiger partial charge < -0.3 is 35.7 Å². The molecular formula is C18H26O11. The number of carbonyl (C=O) groups is 4. The molecule has 0 aliphatic heterocycles. The predicted molar refractivity (Wildman–Crippen MR) is 98.8 cm³/mol. The lowest BCUT2D eigenvalue weighted by molar-refractivity contribution is -0.143. The third-order valence-corrected chi connectivity index (χ3v) is 3.70. The predicted octanol–water partition coefficient (Wildman–Crippen LogP) is 0.379. The molecule has 164 valence electrons. The molecule has 0 amide bonds. The van der Waals surface area contributed by atoms with Crippen LogP contribution in [0, 0.1) is 5.41 Å². The fourth-order valence-electron chi connectivity index (χ4n) is 1.56. The molecule has 0 saturated heterocycles. The first kappa shape index (κ1) is 28.2. The molecule has 7 N–H and O–H groups in total. The minimum Gasteiger partial charge on any atom is -0.481 e. The minimum absolute atomic E-state index is 0.156. The molecule has 11 heteroatoms. The van der Waals surface area contributed by atoms with Gasteiger partial charge in [0.2, 0.25) is 0 Å². The van der Waals surface area contributed by atoms with Crippen molar-refractivity contribution in [2.75, 3.05) is 19.8 Å². The number of hydrogen-bond acceptors (Lipinski definition) is 7. The van der Waals surface area contributed by atoms with E-state index in [-0.39, 0.29) is 43.8 Å². The number of rotatable bonds is 9. The Labute approximate surface area is 166 Å². The first-order valence-corrected chi connectivity index (χ1v) is 8.32. The zero-order valence-corrected chi connectivity index (χ0v) is 15.8. The lowest BCUT2D eigenvalue weighted by Crippen LogP contribution is -2.32. The summed E-state index contributed by atoms with van der Waals surface area (Å²) in [5, 5.41) is 58.9. The molecule has 0 spiro atoms. The monoisotopic (exact) mass is 418 g/mol. The Balaban J connectivity index is 0. The van der Waals surface area contributed by atoms with Crippen LogP contribution >= 0.6 is 0 Å². The van der Waals surface area contributed by atoms with Gasteiger partial charge in [0, 0.05) is 5.41 Å². The van der Waals surface area contributed by atoms with Gasteiger partial charge in [0.15, 0.2) is 0 Å². The number of aliphatic carboxylic acids is 2. The largest absolute Gasteiger partial charge is 0.481 e.